The molecule has 1 heterocycles. The zero-order valence-electron chi connectivity index (χ0n) is 10.6. The van der Waals surface area contributed by atoms with Gasteiger partial charge in [0.1, 0.15) is 5.30 Å². The van der Waals surface area contributed by atoms with Gasteiger partial charge in [-0.1, -0.05) is 26.2 Å². The van der Waals surface area contributed by atoms with Gasteiger partial charge in [0, 0.05) is 12.2 Å². The second-order valence-corrected chi connectivity index (χ2v) is 7.48. The summed E-state index contributed by atoms with van der Waals surface area (Å²) in [5.74, 6) is -0.385. The van der Waals surface area contributed by atoms with E-state index in [2.05, 4.69) is 0 Å². The number of alkyl halides is 6. The molecule has 1 aromatic rings. The molecule has 0 bridgehead atoms. The van der Waals surface area contributed by atoms with Gasteiger partial charge in [-0.05, 0) is 18.3 Å². The summed E-state index contributed by atoms with van der Waals surface area (Å²) < 4.78 is 77.6. The molecule has 1 fully saturated rings. The summed E-state index contributed by atoms with van der Waals surface area (Å²) >= 11 is 0. The first kappa shape index (κ1) is 16.1. The van der Waals surface area contributed by atoms with Crippen molar-refractivity contribution in [3.05, 3.63) is 15.7 Å². The molecule has 1 aliphatic rings. The van der Waals surface area contributed by atoms with Gasteiger partial charge in [0.15, 0.2) is 0 Å². The summed E-state index contributed by atoms with van der Waals surface area (Å²) in [5, 5.41) is -1.44. The highest BCUT2D eigenvalue weighted by Crippen LogP contribution is 2.54. The van der Waals surface area contributed by atoms with E-state index in [1.165, 1.54) is 0 Å². The van der Waals surface area contributed by atoms with E-state index in [-0.39, 0.29) is 18.2 Å². The molecule has 0 spiro atoms. The van der Waals surface area contributed by atoms with Crippen molar-refractivity contribution in [1.82, 2.24) is 0 Å². The van der Waals surface area contributed by atoms with Gasteiger partial charge < -0.3 is 0 Å². The third-order valence-corrected chi connectivity index (χ3v) is 6.58. The molecule has 0 N–H and O–H groups in total. The molecular formula is C12H13F6PS. The molecule has 20 heavy (non-hydrogen) atoms. The minimum atomic E-state index is -4.94. The van der Waals surface area contributed by atoms with Crippen LogP contribution in [0.4, 0.5) is 26.3 Å². The molecule has 2 unspecified atom stereocenters. The predicted octanol–water partition coefficient (Wildman–Crippen LogP) is 6.66. The van der Waals surface area contributed by atoms with Crippen LogP contribution >= 0.6 is 18.3 Å². The van der Waals surface area contributed by atoms with Gasteiger partial charge in [0.25, 0.3) is 0 Å². The summed E-state index contributed by atoms with van der Waals surface area (Å²) in [6.45, 7) is 1.83. The average Bonchev–Trinajstić information content (AvgIpc) is 2.73. The Bertz CT molecular complexity index is 475. The normalized spacial score (nSPS) is 25.4. The fraction of sp³-hybridized carbons (Fsp3) is 0.750. The second kappa shape index (κ2) is 5.48. The monoisotopic (exact) mass is 334 g/mol. The van der Waals surface area contributed by atoms with Crippen LogP contribution in [0, 0.1) is 5.92 Å². The van der Waals surface area contributed by atoms with Crippen LogP contribution in [0.2, 0.25) is 0 Å². The summed E-state index contributed by atoms with van der Waals surface area (Å²) in [6.07, 6.45) is -6.82. The molecule has 0 nitrogen and oxygen atoms in total. The van der Waals surface area contributed by atoms with Crippen molar-refractivity contribution in [3.8, 4) is 0 Å². The van der Waals surface area contributed by atoms with E-state index in [4.69, 9.17) is 0 Å². The third-order valence-electron chi connectivity index (χ3n) is 3.72. The van der Waals surface area contributed by atoms with E-state index in [1.807, 2.05) is 6.92 Å². The first-order chi connectivity index (χ1) is 9.12. The Hall–Kier alpha value is -0.290. The maximum absolute atomic E-state index is 13.1. The Balaban J connectivity index is 2.51. The van der Waals surface area contributed by atoms with Crippen molar-refractivity contribution in [2.45, 2.75) is 50.9 Å². The lowest BCUT2D eigenvalue weighted by atomic mass is 9.78. The van der Waals surface area contributed by atoms with Crippen LogP contribution in [0.25, 0.3) is 0 Å². The quantitative estimate of drug-likeness (QED) is 0.504. The fourth-order valence-electron chi connectivity index (χ4n) is 2.73. The first-order valence-corrected chi connectivity index (χ1v) is 8.58. The van der Waals surface area contributed by atoms with Crippen LogP contribution in [0.5, 0.6) is 0 Å². The predicted molar refractivity (Wildman–Crippen MR) is 67.2 cm³/mol. The van der Waals surface area contributed by atoms with E-state index in [0.717, 1.165) is 19.3 Å². The molecule has 114 valence electrons. The maximum atomic E-state index is 13.1. The molecule has 2 rings (SSSR count). The number of rotatable bonds is 1. The van der Waals surface area contributed by atoms with Crippen molar-refractivity contribution < 1.29 is 26.3 Å². The summed E-state index contributed by atoms with van der Waals surface area (Å²) in [4.78, 5) is -0.0984. The first-order valence-electron chi connectivity index (χ1n) is 6.26. The average molecular weight is 334 g/mol. The van der Waals surface area contributed by atoms with Crippen LogP contribution in [-0.2, 0) is 12.4 Å². The van der Waals surface area contributed by atoms with Crippen molar-refractivity contribution >= 4 is 18.3 Å². The van der Waals surface area contributed by atoms with Crippen molar-refractivity contribution in [3.63, 3.8) is 0 Å². The van der Waals surface area contributed by atoms with Crippen molar-refractivity contribution in [1.29, 1.82) is 0 Å². The van der Waals surface area contributed by atoms with Gasteiger partial charge in [0.05, 0.1) is 5.56 Å². The van der Waals surface area contributed by atoms with Gasteiger partial charge in [-0.25, -0.2) is 0 Å². The SMILES string of the molecule is CC1CCCCC1c1spc(C(F)(F)F)c1C(F)(F)F. The second-order valence-electron chi connectivity index (χ2n) is 5.13. The largest absolute Gasteiger partial charge is 0.422 e. The minimum Gasteiger partial charge on any atom is -0.166 e. The van der Waals surface area contributed by atoms with Crippen LogP contribution in [0.1, 0.15) is 54.3 Å². The molecular weight excluding hydrogens is 321 g/mol. The van der Waals surface area contributed by atoms with Gasteiger partial charge in [-0.15, -0.1) is 10.9 Å². The fourth-order valence-corrected chi connectivity index (χ4v) is 6.06. The Morgan fingerprint density at radius 2 is 1.60 bits per heavy atom. The molecule has 1 aromatic heterocycles. The summed E-state index contributed by atoms with van der Waals surface area (Å²) in [5.41, 5.74) is -1.42. The Labute approximate surface area is 118 Å². The number of hydrogen-bond acceptors (Lipinski definition) is 1. The van der Waals surface area contributed by atoms with E-state index >= 15 is 0 Å². The molecule has 2 atom stereocenters. The third kappa shape index (κ3) is 3.14. The molecule has 0 aliphatic heterocycles. The number of halogens is 6. The Morgan fingerprint density at radius 3 is 2.10 bits per heavy atom. The van der Waals surface area contributed by atoms with Crippen molar-refractivity contribution in [2.24, 2.45) is 5.92 Å². The molecule has 1 aliphatic carbocycles. The van der Waals surface area contributed by atoms with Crippen LogP contribution < -0.4 is 0 Å². The molecule has 0 aromatic carbocycles. The zero-order valence-corrected chi connectivity index (χ0v) is 12.3. The zero-order chi connectivity index (χ0) is 15.1. The molecule has 0 saturated heterocycles. The summed E-state index contributed by atoms with van der Waals surface area (Å²) in [6, 6.07) is 0. The highest BCUT2D eigenvalue weighted by molar-refractivity contribution is 7.81. The molecule has 1 saturated carbocycles. The smallest absolute Gasteiger partial charge is 0.166 e. The van der Waals surface area contributed by atoms with Crippen LogP contribution in [-0.4, -0.2) is 0 Å². The van der Waals surface area contributed by atoms with E-state index in [0.29, 0.717) is 17.4 Å². The van der Waals surface area contributed by atoms with Crippen LogP contribution in [0.15, 0.2) is 0 Å². The van der Waals surface area contributed by atoms with Gasteiger partial charge in [-0.3, -0.25) is 0 Å². The van der Waals surface area contributed by atoms with Gasteiger partial charge in [0.2, 0.25) is 0 Å². The van der Waals surface area contributed by atoms with Crippen LogP contribution in [0.3, 0.4) is 0 Å². The van der Waals surface area contributed by atoms with E-state index < -0.39 is 29.1 Å². The Kier molecular flexibility index (Phi) is 4.41. The lowest BCUT2D eigenvalue weighted by Gasteiger charge is -2.29. The minimum absolute atomic E-state index is 0.00591. The Morgan fingerprint density at radius 1 is 1.00 bits per heavy atom. The molecule has 0 radical (unpaired) electrons. The standard InChI is InChI=1S/C12H13F6PS/c1-6-4-2-3-5-7(6)9-8(11(13,14)15)10(19-20-9)12(16,17)18/h6-7H,2-5H2,1H3. The molecule has 8 heteroatoms. The lowest BCUT2D eigenvalue weighted by Crippen LogP contribution is -2.20. The number of hydrogen-bond donors (Lipinski definition) is 0. The highest BCUT2D eigenvalue weighted by Gasteiger charge is 2.48. The summed E-state index contributed by atoms with van der Waals surface area (Å²) in [7, 11) is 0.355. The topological polar surface area (TPSA) is 0 Å². The van der Waals surface area contributed by atoms with E-state index in [1.54, 1.807) is 0 Å². The maximum Gasteiger partial charge on any atom is 0.422 e. The molecule has 0 amide bonds. The van der Waals surface area contributed by atoms with Gasteiger partial charge >= 0.3 is 12.4 Å². The lowest BCUT2D eigenvalue weighted by molar-refractivity contribution is -0.160. The van der Waals surface area contributed by atoms with Gasteiger partial charge in [-0.2, -0.15) is 26.3 Å². The highest BCUT2D eigenvalue weighted by atomic mass is 32.5. The van der Waals surface area contributed by atoms with E-state index in [9.17, 15) is 26.3 Å². The van der Waals surface area contributed by atoms with Crippen molar-refractivity contribution in [2.75, 3.05) is 0 Å².